The van der Waals surface area contributed by atoms with E-state index in [-0.39, 0.29) is 11.9 Å². The average molecular weight is 400 g/mol. The number of hydrogen-bond donors (Lipinski definition) is 2. The minimum absolute atomic E-state index is 0.195. The van der Waals surface area contributed by atoms with Crippen LogP contribution in [-0.4, -0.2) is 35.9 Å². The molecule has 150 valence electrons. The van der Waals surface area contributed by atoms with Gasteiger partial charge in [-0.05, 0) is 50.2 Å². The molecule has 4 rings (SSSR count). The molecule has 4 aromatic rings. The molecule has 0 spiro atoms. The summed E-state index contributed by atoms with van der Waals surface area (Å²) in [5.74, 6) is 0.826. The average Bonchev–Trinajstić information content (AvgIpc) is 3.25. The largest absolute Gasteiger partial charge is 0.354 e. The number of benzene rings is 1. The molecular weight excluding hydrogens is 380 g/mol. The molecule has 0 radical (unpaired) electrons. The molecule has 0 aliphatic rings. The lowest BCUT2D eigenvalue weighted by Crippen LogP contribution is -2.13. The van der Waals surface area contributed by atoms with Crippen molar-refractivity contribution < 1.29 is 4.79 Å². The third-order valence-corrected chi connectivity index (χ3v) is 4.35. The van der Waals surface area contributed by atoms with Crippen LogP contribution in [0.5, 0.6) is 0 Å². The zero-order valence-electron chi connectivity index (χ0n) is 16.5. The van der Waals surface area contributed by atoms with Crippen LogP contribution in [0, 0.1) is 0 Å². The molecule has 0 unspecified atom stereocenters. The third kappa shape index (κ3) is 4.30. The van der Waals surface area contributed by atoms with Crippen molar-refractivity contribution in [1.29, 1.82) is 0 Å². The van der Waals surface area contributed by atoms with Crippen LogP contribution in [0.15, 0.2) is 67.3 Å². The Morgan fingerprint density at radius 1 is 1.00 bits per heavy atom. The predicted molar refractivity (Wildman–Crippen MR) is 113 cm³/mol. The van der Waals surface area contributed by atoms with Gasteiger partial charge in [-0.1, -0.05) is 12.1 Å². The van der Waals surface area contributed by atoms with Crippen LogP contribution >= 0.6 is 0 Å². The lowest BCUT2D eigenvalue weighted by atomic mass is 10.2. The van der Waals surface area contributed by atoms with E-state index in [1.165, 1.54) is 0 Å². The number of anilines is 3. The van der Waals surface area contributed by atoms with Crippen LogP contribution in [0.1, 0.15) is 30.2 Å². The second-order valence-electron chi connectivity index (χ2n) is 6.85. The maximum absolute atomic E-state index is 12.8. The maximum atomic E-state index is 12.8. The predicted octanol–water partition coefficient (Wildman–Crippen LogP) is 3.71. The highest BCUT2D eigenvalue weighted by Crippen LogP contribution is 2.21. The maximum Gasteiger partial charge on any atom is 0.256 e. The quantitative estimate of drug-likeness (QED) is 0.507. The van der Waals surface area contributed by atoms with Gasteiger partial charge in [0.2, 0.25) is 0 Å². The van der Waals surface area contributed by atoms with Gasteiger partial charge in [0.25, 0.3) is 5.91 Å². The number of nitrogens with one attached hydrogen (secondary N) is 2. The number of hydrogen-bond acceptors (Lipinski definition) is 7. The van der Waals surface area contributed by atoms with Crippen LogP contribution in [-0.2, 0) is 0 Å². The summed E-state index contributed by atoms with van der Waals surface area (Å²) in [4.78, 5) is 17.3. The first-order chi connectivity index (χ1) is 14.6. The molecule has 9 nitrogen and oxygen atoms in total. The standard InChI is InChI=1S/C21H20N8O/c1-14(2)29-13-24-28-20(29)18-7-4-8-19(26-18)27-21(30)15-5-3-6-16(11-15)25-17-9-10-22-23-12-17/h3-14H,1-2H3,(H,22,25)(H,26,27,30). The topological polar surface area (TPSA) is 111 Å². The van der Waals surface area contributed by atoms with E-state index in [4.69, 9.17) is 0 Å². The van der Waals surface area contributed by atoms with E-state index < -0.39 is 0 Å². The minimum atomic E-state index is -0.263. The number of carbonyl (C=O) groups is 1. The van der Waals surface area contributed by atoms with Gasteiger partial charge in [0.15, 0.2) is 5.82 Å². The molecule has 9 heteroatoms. The van der Waals surface area contributed by atoms with E-state index in [1.54, 1.807) is 49.1 Å². The molecule has 2 N–H and O–H groups in total. The van der Waals surface area contributed by atoms with Gasteiger partial charge >= 0.3 is 0 Å². The Balaban J connectivity index is 1.52. The smallest absolute Gasteiger partial charge is 0.256 e. The van der Waals surface area contributed by atoms with E-state index in [2.05, 4.69) is 36.0 Å². The number of rotatable bonds is 6. The molecule has 1 aromatic carbocycles. The van der Waals surface area contributed by atoms with Gasteiger partial charge < -0.3 is 15.2 Å². The number of aromatic nitrogens is 6. The van der Waals surface area contributed by atoms with Crippen LogP contribution in [0.3, 0.4) is 0 Å². The first-order valence-corrected chi connectivity index (χ1v) is 9.42. The molecule has 3 aromatic heterocycles. The number of amides is 1. The molecule has 0 fully saturated rings. The summed E-state index contributed by atoms with van der Waals surface area (Å²) in [6, 6.07) is 14.6. The Labute approximate surface area is 173 Å². The number of nitrogens with zero attached hydrogens (tertiary/aromatic N) is 6. The number of pyridine rings is 1. The SMILES string of the molecule is CC(C)n1cnnc1-c1cccc(NC(=O)c2cccc(Nc3ccnnc3)c2)n1. The van der Waals surface area contributed by atoms with Gasteiger partial charge in [-0.3, -0.25) is 4.79 Å². The van der Waals surface area contributed by atoms with Crippen molar-refractivity contribution in [3.63, 3.8) is 0 Å². The molecule has 30 heavy (non-hydrogen) atoms. The Hall–Kier alpha value is -4.14. The van der Waals surface area contributed by atoms with E-state index in [0.717, 1.165) is 11.4 Å². The van der Waals surface area contributed by atoms with Gasteiger partial charge in [0.1, 0.15) is 17.8 Å². The van der Waals surface area contributed by atoms with Crippen molar-refractivity contribution in [2.24, 2.45) is 0 Å². The highest BCUT2D eigenvalue weighted by atomic mass is 16.1. The third-order valence-electron chi connectivity index (χ3n) is 4.35. The zero-order valence-corrected chi connectivity index (χ0v) is 16.5. The molecule has 1 amide bonds. The Morgan fingerprint density at radius 3 is 2.67 bits per heavy atom. The first kappa shape index (κ1) is 19.2. The van der Waals surface area contributed by atoms with E-state index >= 15 is 0 Å². The fraction of sp³-hybridized carbons (Fsp3) is 0.143. The molecule has 0 aliphatic heterocycles. The van der Waals surface area contributed by atoms with Crippen molar-refractivity contribution in [2.45, 2.75) is 19.9 Å². The summed E-state index contributed by atoms with van der Waals surface area (Å²) in [5, 5.41) is 21.7. The Morgan fingerprint density at radius 2 is 1.87 bits per heavy atom. The normalized spacial score (nSPS) is 10.8. The Bertz CT molecular complexity index is 1160. The van der Waals surface area contributed by atoms with Crippen molar-refractivity contribution in [1.82, 2.24) is 29.9 Å². The van der Waals surface area contributed by atoms with Crippen molar-refractivity contribution >= 4 is 23.1 Å². The monoisotopic (exact) mass is 400 g/mol. The molecule has 0 saturated heterocycles. The van der Waals surface area contributed by atoms with Gasteiger partial charge in [0, 0.05) is 17.3 Å². The van der Waals surface area contributed by atoms with Crippen LogP contribution < -0.4 is 10.6 Å². The van der Waals surface area contributed by atoms with Crippen molar-refractivity contribution in [3.05, 3.63) is 72.8 Å². The zero-order chi connectivity index (χ0) is 20.9. The Kier molecular flexibility index (Phi) is 5.42. The second-order valence-corrected chi connectivity index (χ2v) is 6.85. The van der Waals surface area contributed by atoms with Crippen LogP contribution in [0.2, 0.25) is 0 Å². The van der Waals surface area contributed by atoms with E-state index in [1.807, 2.05) is 36.6 Å². The van der Waals surface area contributed by atoms with Gasteiger partial charge in [-0.15, -0.1) is 10.2 Å². The van der Waals surface area contributed by atoms with E-state index in [9.17, 15) is 4.79 Å². The lowest BCUT2D eigenvalue weighted by Gasteiger charge is -2.11. The summed E-state index contributed by atoms with van der Waals surface area (Å²) >= 11 is 0. The van der Waals surface area contributed by atoms with Gasteiger partial charge in [-0.2, -0.15) is 10.2 Å². The van der Waals surface area contributed by atoms with E-state index in [0.29, 0.717) is 22.9 Å². The van der Waals surface area contributed by atoms with Crippen LogP contribution in [0.25, 0.3) is 11.5 Å². The fourth-order valence-electron chi connectivity index (χ4n) is 2.89. The van der Waals surface area contributed by atoms with Gasteiger partial charge in [0.05, 0.1) is 18.1 Å². The summed E-state index contributed by atoms with van der Waals surface area (Å²) in [6.07, 6.45) is 4.87. The highest BCUT2D eigenvalue weighted by Gasteiger charge is 2.13. The van der Waals surface area contributed by atoms with Crippen molar-refractivity contribution in [3.8, 4) is 11.5 Å². The summed E-state index contributed by atoms with van der Waals surface area (Å²) < 4.78 is 1.93. The van der Waals surface area contributed by atoms with Gasteiger partial charge in [-0.25, -0.2) is 4.98 Å². The summed E-state index contributed by atoms with van der Waals surface area (Å²) in [7, 11) is 0. The minimum Gasteiger partial charge on any atom is -0.354 e. The molecule has 0 atom stereocenters. The fourth-order valence-corrected chi connectivity index (χ4v) is 2.89. The summed E-state index contributed by atoms with van der Waals surface area (Å²) in [6.45, 7) is 4.09. The second kappa shape index (κ2) is 8.48. The van der Waals surface area contributed by atoms with Crippen LogP contribution in [0.4, 0.5) is 17.2 Å². The molecule has 3 heterocycles. The molecule has 0 saturated carbocycles. The lowest BCUT2D eigenvalue weighted by molar-refractivity contribution is 0.102. The first-order valence-electron chi connectivity index (χ1n) is 9.42. The summed E-state index contributed by atoms with van der Waals surface area (Å²) in [5.41, 5.74) is 2.69. The molecular formula is C21H20N8O. The molecule has 0 aliphatic carbocycles. The number of carbonyl (C=O) groups excluding carboxylic acids is 1. The van der Waals surface area contributed by atoms with Crippen molar-refractivity contribution in [2.75, 3.05) is 10.6 Å². The molecule has 0 bridgehead atoms. The highest BCUT2D eigenvalue weighted by molar-refractivity contribution is 6.04.